The van der Waals surface area contributed by atoms with Crippen molar-refractivity contribution in [1.82, 2.24) is 19.8 Å². The Hall–Kier alpha value is -2.45. The maximum absolute atomic E-state index is 12.7. The van der Waals surface area contributed by atoms with E-state index in [1.807, 2.05) is 10.7 Å². The molecule has 2 amide bonds. The molecule has 1 aliphatic rings. The van der Waals surface area contributed by atoms with Crippen molar-refractivity contribution in [2.75, 3.05) is 19.3 Å². The van der Waals surface area contributed by atoms with Crippen molar-refractivity contribution in [3.05, 3.63) is 11.8 Å². The zero-order chi connectivity index (χ0) is 22.9. The standard InChI is InChI=1S/C21H37N5O4/c1-9-25(24(8)18(27)30-21(5,6)7)19(28)29-15-11-10-14(12-15)16-13-17(22)26(23-16)20(2,3)4/h13-15H,9-12,22H2,1-8H3/t14-,15+/m0/s1. The number of aromatic nitrogens is 2. The van der Waals surface area contributed by atoms with Crippen LogP contribution in [0.5, 0.6) is 0 Å². The summed E-state index contributed by atoms with van der Waals surface area (Å²) in [6.45, 7) is 13.6. The van der Waals surface area contributed by atoms with Crippen LogP contribution in [0.3, 0.4) is 0 Å². The van der Waals surface area contributed by atoms with Gasteiger partial charge in [-0.15, -0.1) is 0 Å². The van der Waals surface area contributed by atoms with Crippen molar-refractivity contribution in [2.45, 2.75) is 90.9 Å². The van der Waals surface area contributed by atoms with Crippen molar-refractivity contribution in [3.8, 4) is 0 Å². The number of hydrogen-bond acceptors (Lipinski definition) is 6. The van der Waals surface area contributed by atoms with Crippen molar-refractivity contribution in [3.63, 3.8) is 0 Å². The van der Waals surface area contributed by atoms with Gasteiger partial charge in [-0.1, -0.05) is 0 Å². The van der Waals surface area contributed by atoms with Gasteiger partial charge in [0.2, 0.25) is 0 Å². The van der Waals surface area contributed by atoms with Gasteiger partial charge < -0.3 is 15.2 Å². The Balaban J connectivity index is 1.99. The molecule has 1 aromatic heterocycles. The Labute approximate surface area is 179 Å². The van der Waals surface area contributed by atoms with Gasteiger partial charge in [-0.3, -0.25) is 0 Å². The lowest BCUT2D eigenvalue weighted by atomic mass is 10.0. The topological polar surface area (TPSA) is 103 Å². The maximum atomic E-state index is 12.7. The number of amides is 2. The van der Waals surface area contributed by atoms with Crippen LogP contribution in [0.2, 0.25) is 0 Å². The summed E-state index contributed by atoms with van der Waals surface area (Å²) in [6, 6.07) is 1.91. The highest BCUT2D eigenvalue weighted by atomic mass is 16.6. The average molecular weight is 424 g/mol. The fraction of sp³-hybridized carbons (Fsp3) is 0.762. The number of carbonyl (C=O) groups is 2. The van der Waals surface area contributed by atoms with Crippen LogP contribution in [0.1, 0.15) is 79.3 Å². The molecule has 30 heavy (non-hydrogen) atoms. The monoisotopic (exact) mass is 423 g/mol. The number of nitrogens with two attached hydrogens (primary N) is 1. The molecular formula is C21H37N5O4. The summed E-state index contributed by atoms with van der Waals surface area (Å²) >= 11 is 0. The number of ether oxygens (including phenoxy) is 2. The Kier molecular flexibility index (Phi) is 6.94. The minimum absolute atomic E-state index is 0.187. The quantitative estimate of drug-likeness (QED) is 0.734. The van der Waals surface area contributed by atoms with Crippen LogP contribution in [0.15, 0.2) is 6.07 Å². The first kappa shape index (κ1) is 23.8. The number of hydrazine groups is 1. The van der Waals surface area contributed by atoms with Crippen LogP contribution >= 0.6 is 0 Å². The van der Waals surface area contributed by atoms with Gasteiger partial charge in [0.25, 0.3) is 0 Å². The molecule has 1 aromatic rings. The van der Waals surface area contributed by atoms with Gasteiger partial charge in [0.1, 0.15) is 17.5 Å². The van der Waals surface area contributed by atoms with E-state index >= 15 is 0 Å². The van der Waals surface area contributed by atoms with E-state index < -0.39 is 17.8 Å². The highest BCUT2D eigenvalue weighted by Gasteiger charge is 2.34. The Morgan fingerprint density at radius 2 is 1.83 bits per heavy atom. The first-order valence-electron chi connectivity index (χ1n) is 10.5. The Bertz CT molecular complexity index is 762. The number of nitrogens with zero attached hydrogens (tertiary/aromatic N) is 4. The molecule has 2 atom stereocenters. The van der Waals surface area contributed by atoms with E-state index in [0.717, 1.165) is 23.5 Å². The van der Waals surface area contributed by atoms with Crippen LogP contribution in [-0.2, 0) is 15.0 Å². The largest absolute Gasteiger partial charge is 0.445 e. The zero-order valence-electron chi connectivity index (χ0n) is 19.6. The third-order valence-electron chi connectivity index (χ3n) is 4.99. The zero-order valence-corrected chi connectivity index (χ0v) is 19.6. The molecule has 0 spiro atoms. The Morgan fingerprint density at radius 3 is 2.33 bits per heavy atom. The van der Waals surface area contributed by atoms with E-state index in [9.17, 15) is 9.59 Å². The van der Waals surface area contributed by atoms with Gasteiger partial charge in [-0.05, 0) is 67.7 Å². The van der Waals surface area contributed by atoms with Gasteiger partial charge in [0.15, 0.2) is 0 Å². The number of rotatable bonds is 3. The predicted molar refractivity (Wildman–Crippen MR) is 115 cm³/mol. The minimum atomic E-state index is -0.647. The van der Waals surface area contributed by atoms with Gasteiger partial charge in [0, 0.05) is 25.6 Å². The minimum Gasteiger partial charge on any atom is -0.445 e. The molecular weight excluding hydrogens is 386 g/mol. The molecule has 1 aliphatic carbocycles. The smallest absolute Gasteiger partial charge is 0.429 e. The van der Waals surface area contributed by atoms with Crippen LogP contribution < -0.4 is 5.73 Å². The van der Waals surface area contributed by atoms with E-state index in [1.54, 1.807) is 27.7 Å². The molecule has 1 fully saturated rings. The van der Waals surface area contributed by atoms with Crippen molar-refractivity contribution < 1.29 is 19.1 Å². The number of anilines is 1. The lowest BCUT2D eigenvalue weighted by Crippen LogP contribution is -2.49. The molecule has 2 rings (SSSR count). The van der Waals surface area contributed by atoms with E-state index in [0.29, 0.717) is 12.2 Å². The molecule has 0 aliphatic heterocycles. The summed E-state index contributed by atoms with van der Waals surface area (Å²) in [5, 5.41) is 7.09. The molecule has 0 unspecified atom stereocenters. The summed E-state index contributed by atoms with van der Waals surface area (Å²) in [7, 11) is 1.50. The SMILES string of the molecule is CCN(C(=O)O[C@@H]1CC[C@H](c2cc(N)n(C(C)(C)C)n2)C1)N(C)C(=O)OC(C)(C)C. The van der Waals surface area contributed by atoms with Gasteiger partial charge in [0.05, 0.1) is 11.2 Å². The summed E-state index contributed by atoms with van der Waals surface area (Å²) < 4.78 is 12.9. The maximum Gasteiger partial charge on any atom is 0.429 e. The van der Waals surface area contributed by atoms with E-state index in [1.165, 1.54) is 12.1 Å². The normalized spacial score (nSPS) is 19.5. The molecule has 0 bridgehead atoms. The van der Waals surface area contributed by atoms with E-state index in [2.05, 4.69) is 25.9 Å². The van der Waals surface area contributed by atoms with Crippen LogP contribution in [-0.4, -0.2) is 57.3 Å². The van der Waals surface area contributed by atoms with Gasteiger partial charge in [-0.2, -0.15) is 5.10 Å². The number of hydrogen-bond donors (Lipinski definition) is 1. The number of carbonyl (C=O) groups excluding carboxylic acids is 2. The van der Waals surface area contributed by atoms with Crippen LogP contribution in [0, 0.1) is 0 Å². The average Bonchev–Trinajstić information content (AvgIpc) is 3.19. The molecule has 170 valence electrons. The van der Waals surface area contributed by atoms with E-state index in [-0.39, 0.29) is 24.1 Å². The Morgan fingerprint density at radius 1 is 1.20 bits per heavy atom. The molecule has 0 radical (unpaired) electrons. The molecule has 0 saturated heterocycles. The first-order valence-corrected chi connectivity index (χ1v) is 10.5. The summed E-state index contributed by atoms with van der Waals surface area (Å²) in [4.78, 5) is 25.0. The van der Waals surface area contributed by atoms with Crippen LogP contribution in [0.25, 0.3) is 0 Å². The molecule has 9 nitrogen and oxygen atoms in total. The number of nitrogen functional groups attached to an aromatic ring is 1. The predicted octanol–water partition coefficient (Wildman–Crippen LogP) is 4.10. The molecule has 0 aromatic carbocycles. The van der Waals surface area contributed by atoms with Crippen molar-refractivity contribution in [2.24, 2.45) is 0 Å². The summed E-state index contributed by atoms with van der Waals surface area (Å²) in [5.41, 5.74) is 6.22. The summed E-state index contributed by atoms with van der Waals surface area (Å²) in [6.07, 6.45) is 0.897. The fourth-order valence-electron chi connectivity index (χ4n) is 3.56. The first-order chi connectivity index (χ1) is 13.7. The fourth-order valence-corrected chi connectivity index (χ4v) is 3.56. The van der Waals surface area contributed by atoms with Gasteiger partial charge in [-0.25, -0.2) is 24.3 Å². The van der Waals surface area contributed by atoms with Crippen molar-refractivity contribution >= 4 is 18.0 Å². The molecule has 1 saturated carbocycles. The summed E-state index contributed by atoms with van der Waals surface area (Å²) in [5.74, 6) is 0.821. The van der Waals surface area contributed by atoms with Crippen LogP contribution in [0.4, 0.5) is 15.4 Å². The second kappa shape index (κ2) is 8.73. The molecule has 1 heterocycles. The lowest BCUT2D eigenvalue weighted by Gasteiger charge is -2.32. The lowest BCUT2D eigenvalue weighted by molar-refractivity contribution is -0.0402. The van der Waals surface area contributed by atoms with E-state index in [4.69, 9.17) is 15.2 Å². The van der Waals surface area contributed by atoms with Crippen molar-refractivity contribution in [1.29, 1.82) is 0 Å². The second-order valence-electron chi connectivity index (χ2n) is 9.81. The van der Waals surface area contributed by atoms with Gasteiger partial charge >= 0.3 is 12.2 Å². The highest BCUT2D eigenvalue weighted by molar-refractivity contribution is 5.74. The second-order valence-corrected chi connectivity index (χ2v) is 9.81. The molecule has 9 heteroatoms. The third-order valence-corrected chi connectivity index (χ3v) is 4.99. The highest BCUT2D eigenvalue weighted by Crippen LogP contribution is 2.37. The third kappa shape index (κ3) is 5.79. The molecule has 2 N–H and O–H groups in total.